The average Bonchev–Trinajstić information content (AvgIpc) is 3.00. The number of piperazine rings is 1. The molecule has 7 nitrogen and oxygen atoms in total. The van der Waals surface area contributed by atoms with Gasteiger partial charge in [-0.15, -0.1) is 10.2 Å². The summed E-state index contributed by atoms with van der Waals surface area (Å²) < 4.78 is 1.69. The van der Waals surface area contributed by atoms with E-state index in [0.717, 1.165) is 37.7 Å². The largest absolute Gasteiger partial charge is 0.353 e. The third-order valence-electron chi connectivity index (χ3n) is 3.61. The maximum Gasteiger partial charge on any atom is 0.242 e. The molecule has 0 aliphatic carbocycles. The lowest BCUT2D eigenvalue weighted by atomic mass is 10.3. The standard InChI is InChI=1S/C14H18N6O/c1-12-3-2-4-13(17-12)19-5-7-20(8-6-19)14(21)9-18-10-15-16-11-18/h2-4,10-11H,5-9H2,1H3. The highest BCUT2D eigenvalue weighted by Gasteiger charge is 2.21. The van der Waals surface area contributed by atoms with Crippen LogP contribution in [0.1, 0.15) is 5.69 Å². The van der Waals surface area contributed by atoms with Gasteiger partial charge in [-0.1, -0.05) is 6.07 Å². The van der Waals surface area contributed by atoms with Gasteiger partial charge in [0.2, 0.25) is 5.91 Å². The Hall–Kier alpha value is -2.44. The predicted molar refractivity (Wildman–Crippen MR) is 77.8 cm³/mol. The van der Waals surface area contributed by atoms with Crippen molar-refractivity contribution in [2.24, 2.45) is 0 Å². The van der Waals surface area contributed by atoms with Crippen LogP contribution in [0.25, 0.3) is 0 Å². The number of anilines is 1. The summed E-state index contributed by atoms with van der Waals surface area (Å²) in [6.45, 7) is 5.35. The van der Waals surface area contributed by atoms with E-state index in [-0.39, 0.29) is 5.91 Å². The van der Waals surface area contributed by atoms with Gasteiger partial charge in [0, 0.05) is 31.9 Å². The highest BCUT2D eigenvalue weighted by Crippen LogP contribution is 2.14. The first-order valence-corrected chi connectivity index (χ1v) is 7.01. The second kappa shape index (κ2) is 5.90. The number of rotatable bonds is 3. The molecular formula is C14H18N6O. The number of nitrogens with zero attached hydrogens (tertiary/aromatic N) is 6. The Morgan fingerprint density at radius 3 is 2.52 bits per heavy atom. The van der Waals surface area contributed by atoms with Gasteiger partial charge < -0.3 is 14.4 Å². The van der Waals surface area contributed by atoms with Crippen LogP contribution in [0.5, 0.6) is 0 Å². The molecule has 2 aromatic rings. The summed E-state index contributed by atoms with van der Waals surface area (Å²) in [7, 11) is 0. The van der Waals surface area contributed by atoms with Crippen molar-refractivity contribution in [3.8, 4) is 0 Å². The van der Waals surface area contributed by atoms with E-state index in [0.29, 0.717) is 6.54 Å². The second-order valence-corrected chi connectivity index (χ2v) is 5.14. The molecule has 1 saturated heterocycles. The topological polar surface area (TPSA) is 67.2 Å². The molecule has 1 aliphatic heterocycles. The zero-order valence-corrected chi connectivity index (χ0v) is 12.0. The predicted octanol–water partition coefficient (Wildman–Crippen LogP) is 0.330. The normalized spacial score (nSPS) is 15.3. The maximum atomic E-state index is 12.2. The maximum absolute atomic E-state index is 12.2. The molecule has 21 heavy (non-hydrogen) atoms. The summed E-state index contributed by atoms with van der Waals surface area (Å²) in [4.78, 5) is 20.8. The molecule has 0 radical (unpaired) electrons. The van der Waals surface area contributed by atoms with E-state index in [4.69, 9.17) is 0 Å². The van der Waals surface area contributed by atoms with Gasteiger partial charge in [0.15, 0.2) is 0 Å². The van der Waals surface area contributed by atoms with Crippen molar-refractivity contribution in [2.75, 3.05) is 31.1 Å². The minimum atomic E-state index is 0.103. The molecule has 0 unspecified atom stereocenters. The smallest absolute Gasteiger partial charge is 0.242 e. The van der Waals surface area contributed by atoms with Gasteiger partial charge in [-0.05, 0) is 19.1 Å². The van der Waals surface area contributed by atoms with Gasteiger partial charge >= 0.3 is 0 Å². The van der Waals surface area contributed by atoms with E-state index in [1.54, 1.807) is 17.2 Å². The Morgan fingerprint density at radius 1 is 1.14 bits per heavy atom. The minimum absolute atomic E-state index is 0.103. The number of hydrogen-bond acceptors (Lipinski definition) is 5. The number of pyridine rings is 1. The Kier molecular flexibility index (Phi) is 3.81. The third-order valence-corrected chi connectivity index (χ3v) is 3.61. The molecular weight excluding hydrogens is 268 g/mol. The van der Waals surface area contributed by atoms with Gasteiger partial charge in [-0.25, -0.2) is 4.98 Å². The minimum Gasteiger partial charge on any atom is -0.353 e. The molecule has 7 heteroatoms. The van der Waals surface area contributed by atoms with Crippen molar-refractivity contribution in [2.45, 2.75) is 13.5 Å². The summed E-state index contributed by atoms with van der Waals surface area (Å²) in [6.07, 6.45) is 3.12. The number of carbonyl (C=O) groups is 1. The van der Waals surface area contributed by atoms with Crippen molar-refractivity contribution < 1.29 is 4.79 Å². The van der Waals surface area contributed by atoms with Crippen molar-refractivity contribution in [3.63, 3.8) is 0 Å². The average molecular weight is 286 g/mol. The molecule has 2 aromatic heterocycles. The van der Waals surface area contributed by atoms with Crippen LogP contribution in [0, 0.1) is 6.92 Å². The SMILES string of the molecule is Cc1cccc(N2CCN(C(=O)Cn3cnnc3)CC2)n1. The van der Waals surface area contributed by atoms with Gasteiger partial charge in [-0.3, -0.25) is 4.79 Å². The van der Waals surface area contributed by atoms with Crippen LogP contribution in [0.3, 0.4) is 0 Å². The van der Waals surface area contributed by atoms with E-state index in [2.05, 4.69) is 20.1 Å². The second-order valence-electron chi connectivity index (χ2n) is 5.14. The lowest BCUT2D eigenvalue weighted by Crippen LogP contribution is -2.49. The molecule has 0 atom stereocenters. The number of hydrogen-bond donors (Lipinski definition) is 0. The van der Waals surface area contributed by atoms with Crippen LogP contribution in [0.2, 0.25) is 0 Å². The van der Waals surface area contributed by atoms with Crippen LogP contribution >= 0.6 is 0 Å². The molecule has 1 aliphatic rings. The monoisotopic (exact) mass is 286 g/mol. The van der Waals surface area contributed by atoms with E-state index in [9.17, 15) is 4.79 Å². The third kappa shape index (κ3) is 3.18. The fourth-order valence-corrected chi connectivity index (χ4v) is 2.45. The summed E-state index contributed by atoms with van der Waals surface area (Å²) in [5.41, 5.74) is 1.01. The molecule has 3 heterocycles. The molecule has 0 N–H and O–H groups in total. The van der Waals surface area contributed by atoms with E-state index < -0.39 is 0 Å². The zero-order chi connectivity index (χ0) is 14.7. The van der Waals surface area contributed by atoms with E-state index >= 15 is 0 Å². The first kappa shape index (κ1) is 13.5. The number of carbonyl (C=O) groups excluding carboxylic acids is 1. The molecule has 1 amide bonds. The molecule has 0 aromatic carbocycles. The van der Waals surface area contributed by atoms with Gasteiger partial charge in [0.1, 0.15) is 25.0 Å². The molecule has 0 spiro atoms. The van der Waals surface area contributed by atoms with Crippen LogP contribution in [-0.4, -0.2) is 56.7 Å². The highest BCUT2D eigenvalue weighted by atomic mass is 16.2. The van der Waals surface area contributed by atoms with Crippen LogP contribution in [0.15, 0.2) is 30.9 Å². The van der Waals surface area contributed by atoms with Crippen molar-refractivity contribution in [1.29, 1.82) is 0 Å². The van der Waals surface area contributed by atoms with E-state index in [1.165, 1.54) is 0 Å². The summed E-state index contributed by atoms with van der Waals surface area (Å²) >= 11 is 0. The fraction of sp³-hybridized carbons (Fsp3) is 0.429. The Bertz CT molecular complexity index is 604. The zero-order valence-electron chi connectivity index (χ0n) is 12.0. The molecule has 1 fully saturated rings. The molecule has 0 saturated carbocycles. The summed E-state index contributed by atoms with van der Waals surface area (Å²) in [6, 6.07) is 6.02. The number of aryl methyl sites for hydroxylation is 1. The highest BCUT2D eigenvalue weighted by molar-refractivity contribution is 5.76. The first-order valence-electron chi connectivity index (χ1n) is 7.01. The van der Waals surface area contributed by atoms with Gasteiger partial charge in [0.25, 0.3) is 0 Å². The lowest BCUT2D eigenvalue weighted by Gasteiger charge is -2.35. The van der Waals surface area contributed by atoms with Gasteiger partial charge in [-0.2, -0.15) is 0 Å². The van der Waals surface area contributed by atoms with Crippen molar-refractivity contribution >= 4 is 11.7 Å². The fourth-order valence-electron chi connectivity index (χ4n) is 2.45. The Morgan fingerprint density at radius 2 is 1.86 bits per heavy atom. The lowest BCUT2D eigenvalue weighted by molar-refractivity contribution is -0.132. The quantitative estimate of drug-likeness (QED) is 0.813. The summed E-state index contributed by atoms with van der Waals surface area (Å²) in [5.74, 6) is 1.09. The van der Waals surface area contributed by atoms with Crippen molar-refractivity contribution in [3.05, 3.63) is 36.5 Å². The number of amides is 1. The molecule has 0 bridgehead atoms. The van der Waals surface area contributed by atoms with Crippen molar-refractivity contribution in [1.82, 2.24) is 24.6 Å². The first-order chi connectivity index (χ1) is 10.2. The van der Waals surface area contributed by atoms with Gasteiger partial charge in [0.05, 0.1) is 0 Å². The Balaban J connectivity index is 1.56. The molecule has 3 rings (SSSR count). The molecule has 110 valence electrons. The van der Waals surface area contributed by atoms with Crippen LogP contribution in [-0.2, 0) is 11.3 Å². The Labute approximate surface area is 123 Å². The van der Waals surface area contributed by atoms with E-state index in [1.807, 2.05) is 30.0 Å². The van der Waals surface area contributed by atoms with Crippen LogP contribution in [0.4, 0.5) is 5.82 Å². The van der Waals surface area contributed by atoms with Crippen LogP contribution < -0.4 is 4.90 Å². The summed E-state index contributed by atoms with van der Waals surface area (Å²) in [5, 5.41) is 7.41. The number of aromatic nitrogens is 4.